The fraction of sp³-hybridized carbons (Fsp3) is 0.600. The SMILES string of the molecule is OC1CC(CNCc2ccc[nH]2)C1. The summed E-state index contributed by atoms with van der Waals surface area (Å²) in [6.45, 7) is 1.93. The highest BCUT2D eigenvalue weighted by Crippen LogP contribution is 2.26. The van der Waals surface area contributed by atoms with Gasteiger partial charge in [-0.3, -0.25) is 0 Å². The summed E-state index contributed by atoms with van der Waals surface area (Å²) in [5.41, 5.74) is 1.22. The molecule has 3 heteroatoms. The second-order valence-corrected chi connectivity index (χ2v) is 3.82. The van der Waals surface area contributed by atoms with Crippen LogP contribution < -0.4 is 5.32 Å². The van der Waals surface area contributed by atoms with Crippen molar-refractivity contribution in [1.82, 2.24) is 10.3 Å². The van der Waals surface area contributed by atoms with Gasteiger partial charge in [0.25, 0.3) is 0 Å². The summed E-state index contributed by atoms with van der Waals surface area (Å²) in [6.07, 6.45) is 3.84. The number of hydrogen-bond donors (Lipinski definition) is 3. The van der Waals surface area contributed by atoms with Crippen molar-refractivity contribution >= 4 is 0 Å². The molecular weight excluding hydrogens is 164 g/mol. The first-order valence-electron chi connectivity index (χ1n) is 4.85. The minimum absolute atomic E-state index is 0.0303. The maximum atomic E-state index is 9.07. The maximum Gasteiger partial charge on any atom is 0.0546 e. The van der Waals surface area contributed by atoms with Gasteiger partial charge in [0, 0.05) is 18.4 Å². The molecule has 0 radical (unpaired) electrons. The molecule has 1 aliphatic carbocycles. The number of nitrogens with one attached hydrogen (secondary N) is 2. The molecular formula is C10H16N2O. The summed E-state index contributed by atoms with van der Waals surface area (Å²) in [5, 5.41) is 12.4. The van der Waals surface area contributed by atoms with E-state index in [1.54, 1.807) is 0 Å². The molecule has 1 fully saturated rings. The van der Waals surface area contributed by atoms with Gasteiger partial charge in [-0.15, -0.1) is 0 Å². The molecule has 3 N–H and O–H groups in total. The standard InChI is InChI=1S/C10H16N2O/c13-10-4-8(5-10)6-11-7-9-2-1-3-12-9/h1-3,8,10-13H,4-7H2. The molecule has 1 aromatic rings. The smallest absolute Gasteiger partial charge is 0.0546 e. The fourth-order valence-corrected chi connectivity index (χ4v) is 1.76. The van der Waals surface area contributed by atoms with Crippen LogP contribution in [0.5, 0.6) is 0 Å². The molecule has 72 valence electrons. The molecule has 0 atom stereocenters. The molecule has 3 nitrogen and oxygen atoms in total. The topological polar surface area (TPSA) is 48.0 Å². The number of aromatic amines is 1. The molecule has 2 rings (SSSR count). The van der Waals surface area contributed by atoms with E-state index in [0.717, 1.165) is 25.9 Å². The Bertz CT molecular complexity index is 239. The van der Waals surface area contributed by atoms with Crippen molar-refractivity contribution in [3.05, 3.63) is 24.0 Å². The van der Waals surface area contributed by atoms with E-state index >= 15 is 0 Å². The maximum absolute atomic E-state index is 9.07. The summed E-state index contributed by atoms with van der Waals surface area (Å²) in [6, 6.07) is 4.08. The molecule has 1 heterocycles. The van der Waals surface area contributed by atoms with Gasteiger partial charge in [0.2, 0.25) is 0 Å². The molecule has 0 aromatic carbocycles. The molecule has 13 heavy (non-hydrogen) atoms. The van der Waals surface area contributed by atoms with E-state index in [0.29, 0.717) is 5.92 Å². The van der Waals surface area contributed by atoms with E-state index < -0.39 is 0 Å². The van der Waals surface area contributed by atoms with E-state index in [2.05, 4.69) is 16.4 Å². The lowest BCUT2D eigenvalue weighted by atomic mass is 9.82. The Kier molecular flexibility index (Phi) is 2.66. The largest absolute Gasteiger partial charge is 0.393 e. The van der Waals surface area contributed by atoms with Crippen LogP contribution in [0.1, 0.15) is 18.5 Å². The van der Waals surface area contributed by atoms with Crippen molar-refractivity contribution < 1.29 is 5.11 Å². The zero-order valence-electron chi connectivity index (χ0n) is 7.66. The van der Waals surface area contributed by atoms with Crippen molar-refractivity contribution in [1.29, 1.82) is 0 Å². The number of H-pyrrole nitrogens is 1. The highest BCUT2D eigenvalue weighted by Gasteiger charge is 2.26. The van der Waals surface area contributed by atoms with Gasteiger partial charge in [-0.25, -0.2) is 0 Å². The number of hydrogen-bond acceptors (Lipinski definition) is 2. The number of aromatic nitrogens is 1. The van der Waals surface area contributed by atoms with E-state index in [1.165, 1.54) is 5.69 Å². The minimum Gasteiger partial charge on any atom is -0.393 e. The summed E-state index contributed by atoms with van der Waals surface area (Å²) < 4.78 is 0. The molecule has 0 amide bonds. The number of rotatable bonds is 4. The van der Waals surface area contributed by atoms with Crippen LogP contribution in [0, 0.1) is 5.92 Å². The molecule has 0 bridgehead atoms. The van der Waals surface area contributed by atoms with Gasteiger partial charge >= 0.3 is 0 Å². The second-order valence-electron chi connectivity index (χ2n) is 3.82. The molecule has 0 saturated heterocycles. The van der Waals surface area contributed by atoms with E-state index in [9.17, 15) is 0 Å². The molecule has 0 aliphatic heterocycles. The third kappa shape index (κ3) is 2.32. The van der Waals surface area contributed by atoms with Crippen LogP contribution in [-0.2, 0) is 6.54 Å². The first-order valence-corrected chi connectivity index (χ1v) is 4.85. The van der Waals surface area contributed by atoms with Crippen LogP contribution in [0.25, 0.3) is 0 Å². The van der Waals surface area contributed by atoms with Crippen LogP contribution in [-0.4, -0.2) is 22.7 Å². The molecule has 0 unspecified atom stereocenters. The molecule has 1 aromatic heterocycles. The van der Waals surface area contributed by atoms with Gasteiger partial charge in [-0.2, -0.15) is 0 Å². The monoisotopic (exact) mass is 180 g/mol. The van der Waals surface area contributed by atoms with Crippen LogP contribution in [0.2, 0.25) is 0 Å². The normalized spacial score (nSPS) is 27.2. The van der Waals surface area contributed by atoms with Gasteiger partial charge in [0.15, 0.2) is 0 Å². The Hall–Kier alpha value is -0.800. The van der Waals surface area contributed by atoms with Crippen LogP contribution in [0.15, 0.2) is 18.3 Å². The highest BCUT2D eigenvalue weighted by molar-refractivity contribution is 5.02. The van der Waals surface area contributed by atoms with Crippen molar-refractivity contribution in [2.24, 2.45) is 5.92 Å². The van der Waals surface area contributed by atoms with Crippen molar-refractivity contribution in [2.45, 2.75) is 25.5 Å². The van der Waals surface area contributed by atoms with Crippen molar-refractivity contribution in [3.63, 3.8) is 0 Å². The Morgan fingerprint density at radius 2 is 2.38 bits per heavy atom. The van der Waals surface area contributed by atoms with E-state index in [1.807, 2.05) is 12.3 Å². The third-order valence-corrected chi connectivity index (χ3v) is 2.62. The first-order chi connectivity index (χ1) is 6.34. The molecule has 1 aliphatic rings. The Labute approximate surface area is 78.2 Å². The Morgan fingerprint density at radius 1 is 1.54 bits per heavy atom. The lowest BCUT2D eigenvalue weighted by molar-refractivity contribution is 0.0429. The van der Waals surface area contributed by atoms with Gasteiger partial charge in [0.05, 0.1) is 6.10 Å². The Balaban J connectivity index is 1.59. The predicted molar refractivity (Wildman–Crippen MR) is 51.2 cm³/mol. The van der Waals surface area contributed by atoms with Crippen LogP contribution in [0.3, 0.4) is 0 Å². The predicted octanol–water partition coefficient (Wildman–Crippen LogP) is 0.875. The average Bonchev–Trinajstić information content (AvgIpc) is 2.53. The third-order valence-electron chi connectivity index (χ3n) is 2.62. The minimum atomic E-state index is -0.0303. The van der Waals surface area contributed by atoms with Crippen LogP contribution >= 0.6 is 0 Å². The van der Waals surface area contributed by atoms with E-state index in [4.69, 9.17) is 5.11 Å². The zero-order valence-corrected chi connectivity index (χ0v) is 7.66. The van der Waals surface area contributed by atoms with Gasteiger partial charge in [-0.05, 0) is 37.4 Å². The number of aliphatic hydroxyl groups excluding tert-OH is 1. The second kappa shape index (κ2) is 3.94. The molecule has 1 saturated carbocycles. The van der Waals surface area contributed by atoms with Crippen molar-refractivity contribution in [2.75, 3.05) is 6.54 Å². The average molecular weight is 180 g/mol. The molecule has 0 spiro atoms. The zero-order chi connectivity index (χ0) is 9.10. The lowest BCUT2D eigenvalue weighted by Gasteiger charge is -2.31. The van der Waals surface area contributed by atoms with E-state index in [-0.39, 0.29) is 6.10 Å². The summed E-state index contributed by atoms with van der Waals surface area (Å²) in [4.78, 5) is 3.14. The van der Waals surface area contributed by atoms with Crippen LogP contribution in [0.4, 0.5) is 0 Å². The summed E-state index contributed by atoms with van der Waals surface area (Å²) in [7, 11) is 0. The number of aliphatic hydroxyl groups is 1. The summed E-state index contributed by atoms with van der Waals surface area (Å²) >= 11 is 0. The lowest BCUT2D eigenvalue weighted by Crippen LogP contribution is -2.35. The van der Waals surface area contributed by atoms with Gasteiger partial charge in [-0.1, -0.05) is 0 Å². The Morgan fingerprint density at radius 3 is 3.00 bits per heavy atom. The first kappa shape index (κ1) is 8.78. The fourth-order valence-electron chi connectivity index (χ4n) is 1.76. The highest BCUT2D eigenvalue weighted by atomic mass is 16.3. The quantitative estimate of drug-likeness (QED) is 0.644. The van der Waals surface area contributed by atoms with Crippen molar-refractivity contribution in [3.8, 4) is 0 Å². The summed E-state index contributed by atoms with van der Waals surface area (Å²) in [5.74, 6) is 0.685. The van der Waals surface area contributed by atoms with Gasteiger partial charge in [0.1, 0.15) is 0 Å². The van der Waals surface area contributed by atoms with Gasteiger partial charge < -0.3 is 15.4 Å².